The highest BCUT2D eigenvalue weighted by Crippen LogP contribution is 2.20. The molecule has 0 spiro atoms. The number of nitrogens with zero attached hydrogens (tertiary/aromatic N) is 3. The van der Waals surface area contributed by atoms with Crippen LogP contribution in [-0.4, -0.2) is 39.9 Å². The SMILES string of the molecule is CCN(CC(=O)NCc1cccs1)C(=O)CCc1nc(-c2ccc(C(C)C)cc2)no1. The van der Waals surface area contributed by atoms with Gasteiger partial charge in [-0.3, -0.25) is 9.59 Å². The molecule has 3 aromatic rings. The lowest BCUT2D eigenvalue weighted by atomic mass is 10.0. The maximum absolute atomic E-state index is 12.6. The molecule has 3 rings (SSSR count). The number of carbonyl (C=O) groups excluding carboxylic acids is 2. The summed E-state index contributed by atoms with van der Waals surface area (Å²) < 4.78 is 5.31. The van der Waals surface area contributed by atoms with Crippen molar-refractivity contribution in [1.82, 2.24) is 20.4 Å². The van der Waals surface area contributed by atoms with Gasteiger partial charge in [-0.1, -0.05) is 49.3 Å². The van der Waals surface area contributed by atoms with E-state index >= 15 is 0 Å². The number of likely N-dealkylation sites (N-methyl/N-ethyl adjacent to an activating group) is 1. The first-order valence-electron chi connectivity index (χ1n) is 10.5. The van der Waals surface area contributed by atoms with E-state index in [0.29, 0.717) is 37.1 Å². The van der Waals surface area contributed by atoms with Gasteiger partial charge >= 0.3 is 0 Å². The fourth-order valence-electron chi connectivity index (χ4n) is 3.07. The van der Waals surface area contributed by atoms with Gasteiger partial charge in [0, 0.05) is 29.8 Å². The lowest BCUT2D eigenvalue weighted by Crippen LogP contribution is -2.40. The van der Waals surface area contributed by atoms with Crippen LogP contribution in [0.4, 0.5) is 0 Å². The average molecular weight is 441 g/mol. The maximum atomic E-state index is 12.6. The molecule has 0 atom stereocenters. The van der Waals surface area contributed by atoms with Crippen LogP contribution in [-0.2, 0) is 22.6 Å². The Morgan fingerprint density at radius 1 is 1.19 bits per heavy atom. The maximum Gasteiger partial charge on any atom is 0.239 e. The van der Waals surface area contributed by atoms with Gasteiger partial charge in [0.2, 0.25) is 23.5 Å². The van der Waals surface area contributed by atoms with Gasteiger partial charge in [0.05, 0.1) is 13.1 Å². The van der Waals surface area contributed by atoms with Gasteiger partial charge in [-0.2, -0.15) is 4.98 Å². The minimum Gasteiger partial charge on any atom is -0.350 e. The fourth-order valence-corrected chi connectivity index (χ4v) is 3.71. The molecule has 0 saturated heterocycles. The smallest absolute Gasteiger partial charge is 0.239 e. The second kappa shape index (κ2) is 10.9. The van der Waals surface area contributed by atoms with Crippen LogP contribution in [0.15, 0.2) is 46.3 Å². The molecule has 0 aliphatic heterocycles. The van der Waals surface area contributed by atoms with Crippen molar-refractivity contribution in [1.29, 1.82) is 0 Å². The number of aromatic nitrogens is 2. The van der Waals surface area contributed by atoms with E-state index in [0.717, 1.165) is 10.4 Å². The molecule has 164 valence electrons. The van der Waals surface area contributed by atoms with Gasteiger partial charge in [0.15, 0.2) is 0 Å². The number of thiophene rings is 1. The molecule has 2 aromatic heterocycles. The lowest BCUT2D eigenvalue weighted by Gasteiger charge is -2.20. The van der Waals surface area contributed by atoms with E-state index in [1.165, 1.54) is 10.5 Å². The number of amides is 2. The Kier molecular flexibility index (Phi) is 7.94. The van der Waals surface area contributed by atoms with Crippen molar-refractivity contribution < 1.29 is 14.1 Å². The van der Waals surface area contributed by atoms with Crippen molar-refractivity contribution >= 4 is 23.2 Å². The van der Waals surface area contributed by atoms with Crippen molar-refractivity contribution in [2.24, 2.45) is 0 Å². The zero-order chi connectivity index (χ0) is 22.2. The van der Waals surface area contributed by atoms with Crippen LogP contribution in [0.2, 0.25) is 0 Å². The third-order valence-corrected chi connectivity index (χ3v) is 5.84. The van der Waals surface area contributed by atoms with Gasteiger partial charge in [-0.05, 0) is 29.9 Å². The minimum absolute atomic E-state index is 0.0397. The highest BCUT2D eigenvalue weighted by molar-refractivity contribution is 7.09. The van der Waals surface area contributed by atoms with Crippen molar-refractivity contribution in [3.63, 3.8) is 0 Å². The van der Waals surface area contributed by atoms with Crippen LogP contribution in [0.1, 0.15) is 49.4 Å². The molecule has 0 radical (unpaired) electrons. The normalized spacial score (nSPS) is 11.0. The van der Waals surface area contributed by atoms with E-state index in [9.17, 15) is 9.59 Å². The number of aryl methyl sites for hydroxylation is 1. The molecular weight excluding hydrogens is 412 g/mol. The highest BCUT2D eigenvalue weighted by atomic mass is 32.1. The quantitative estimate of drug-likeness (QED) is 0.514. The first-order chi connectivity index (χ1) is 15.0. The summed E-state index contributed by atoms with van der Waals surface area (Å²) in [5.41, 5.74) is 2.13. The molecular formula is C23H28N4O3S. The predicted octanol–water partition coefficient (Wildman–Crippen LogP) is 4.02. The first-order valence-corrected chi connectivity index (χ1v) is 11.3. The number of carbonyl (C=O) groups is 2. The molecule has 0 bridgehead atoms. The van der Waals surface area contributed by atoms with Crippen molar-refractivity contribution in [2.45, 2.75) is 46.1 Å². The number of nitrogens with one attached hydrogen (secondary N) is 1. The van der Waals surface area contributed by atoms with Crippen LogP contribution >= 0.6 is 11.3 Å². The van der Waals surface area contributed by atoms with Gasteiger partial charge in [0.1, 0.15) is 0 Å². The Balaban J connectivity index is 1.49. The highest BCUT2D eigenvalue weighted by Gasteiger charge is 2.17. The lowest BCUT2D eigenvalue weighted by molar-refractivity contribution is -0.135. The van der Waals surface area contributed by atoms with E-state index in [1.54, 1.807) is 11.3 Å². The summed E-state index contributed by atoms with van der Waals surface area (Å²) in [7, 11) is 0. The zero-order valence-corrected chi connectivity index (χ0v) is 18.9. The van der Waals surface area contributed by atoms with E-state index in [1.807, 2.05) is 36.6 Å². The Morgan fingerprint density at radius 3 is 2.61 bits per heavy atom. The Morgan fingerprint density at radius 2 is 1.97 bits per heavy atom. The Hall–Kier alpha value is -3.00. The summed E-state index contributed by atoms with van der Waals surface area (Å²) in [6.07, 6.45) is 0.545. The number of benzene rings is 1. The molecule has 1 aromatic carbocycles. The largest absolute Gasteiger partial charge is 0.350 e. The zero-order valence-electron chi connectivity index (χ0n) is 18.1. The van der Waals surface area contributed by atoms with Gasteiger partial charge in [-0.25, -0.2) is 0 Å². The van der Waals surface area contributed by atoms with Gasteiger partial charge in [-0.15, -0.1) is 11.3 Å². The molecule has 8 heteroatoms. The topological polar surface area (TPSA) is 88.3 Å². The summed E-state index contributed by atoms with van der Waals surface area (Å²) in [5, 5.41) is 8.84. The number of hydrogen-bond acceptors (Lipinski definition) is 6. The molecule has 1 N–H and O–H groups in total. The van der Waals surface area contributed by atoms with Gasteiger partial charge < -0.3 is 14.7 Å². The van der Waals surface area contributed by atoms with Crippen LogP contribution < -0.4 is 5.32 Å². The summed E-state index contributed by atoms with van der Waals surface area (Å²) >= 11 is 1.59. The van der Waals surface area contributed by atoms with E-state index in [-0.39, 0.29) is 24.8 Å². The summed E-state index contributed by atoms with van der Waals surface area (Å²) in [4.78, 5) is 31.7. The standard InChI is InChI=1S/C23H28N4O3S/c1-4-27(15-20(28)24-14-19-6-5-13-31-19)22(29)12-11-21-25-23(26-30-21)18-9-7-17(8-10-18)16(2)3/h5-10,13,16H,4,11-12,14-15H2,1-3H3,(H,24,28). The van der Waals surface area contributed by atoms with Crippen LogP contribution in [0.25, 0.3) is 11.4 Å². The number of hydrogen-bond donors (Lipinski definition) is 1. The minimum atomic E-state index is -0.173. The average Bonchev–Trinajstić information content (AvgIpc) is 3.46. The summed E-state index contributed by atoms with van der Waals surface area (Å²) in [5.74, 6) is 1.09. The molecule has 0 saturated carbocycles. The Labute approximate surface area is 186 Å². The summed E-state index contributed by atoms with van der Waals surface area (Å²) in [6.45, 7) is 7.12. The number of rotatable bonds is 10. The molecule has 2 amide bonds. The van der Waals surface area contributed by atoms with Crippen LogP contribution in [0.5, 0.6) is 0 Å². The van der Waals surface area contributed by atoms with Crippen LogP contribution in [0, 0.1) is 0 Å². The molecule has 0 fully saturated rings. The third-order valence-electron chi connectivity index (χ3n) is 4.97. The molecule has 2 heterocycles. The molecule has 0 unspecified atom stereocenters. The second-order valence-corrected chi connectivity index (χ2v) is 8.58. The van der Waals surface area contributed by atoms with Gasteiger partial charge in [0.25, 0.3) is 0 Å². The van der Waals surface area contributed by atoms with E-state index < -0.39 is 0 Å². The van der Waals surface area contributed by atoms with E-state index in [2.05, 4.69) is 41.4 Å². The fraction of sp³-hybridized carbons (Fsp3) is 0.391. The molecule has 0 aliphatic rings. The molecule has 0 aliphatic carbocycles. The first kappa shape index (κ1) is 22.7. The third kappa shape index (κ3) is 6.49. The monoisotopic (exact) mass is 440 g/mol. The van der Waals surface area contributed by atoms with Crippen molar-refractivity contribution in [2.75, 3.05) is 13.1 Å². The molecule has 31 heavy (non-hydrogen) atoms. The van der Waals surface area contributed by atoms with Crippen molar-refractivity contribution in [3.05, 3.63) is 58.1 Å². The predicted molar refractivity (Wildman–Crippen MR) is 121 cm³/mol. The van der Waals surface area contributed by atoms with Crippen molar-refractivity contribution in [3.8, 4) is 11.4 Å². The second-order valence-electron chi connectivity index (χ2n) is 7.55. The summed E-state index contributed by atoms with van der Waals surface area (Å²) in [6, 6.07) is 12.0. The van der Waals surface area contributed by atoms with Crippen LogP contribution in [0.3, 0.4) is 0 Å². The van der Waals surface area contributed by atoms with E-state index in [4.69, 9.17) is 4.52 Å². The molecule has 7 nitrogen and oxygen atoms in total. The Bertz CT molecular complexity index is 981.